The van der Waals surface area contributed by atoms with Crippen molar-refractivity contribution >= 4 is 0 Å². The number of fused-ring (bicyclic) bond motifs is 2. The molecule has 3 heteroatoms. The third-order valence-electron chi connectivity index (χ3n) is 10.3. The molecule has 0 aromatic rings. The Morgan fingerprint density at radius 1 is 1.16 bits per heavy atom. The largest absolute Gasteiger partial charge is 0.390 e. The van der Waals surface area contributed by atoms with E-state index in [2.05, 4.69) is 45.6 Å². The predicted octanol–water partition coefficient (Wildman–Crippen LogP) is 6.21. The highest BCUT2D eigenvalue weighted by atomic mass is 16.5. The van der Waals surface area contributed by atoms with Crippen molar-refractivity contribution in [3.63, 3.8) is 0 Å². The van der Waals surface area contributed by atoms with Gasteiger partial charge in [0.25, 0.3) is 0 Å². The van der Waals surface area contributed by atoms with Crippen LogP contribution in [0.15, 0.2) is 36.0 Å². The van der Waals surface area contributed by atoms with Crippen LogP contribution < -0.4 is 0 Å². The normalized spacial score (nSPS) is 43.4. The zero-order valence-electron chi connectivity index (χ0n) is 21.3. The minimum absolute atomic E-state index is 0.0520. The van der Waals surface area contributed by atoms with Gasteiger partial charge < -0.3 is 14.9 Å². The summed E-state index contributed by atoms with van der Waals surface area (Å²) in [5.41, 5.74) is 1.55. The van der Waals surface area contributed by atoms with Gasteiger partial charge in [0, 0.05) is 13.0 Å². The van der Waals surface area contributed by atoms with Gasteiger partial charge in [0.2, 0.25) is 0 Å². The van der Waals surface area contributed by atoms with Crippen molar-refractivity contribution in [2.45, 2.75) is 103 Å². The highest BCUT2D eigenvalue weighted by Gasteiger charge is 2.74. The molecule has 2 N–H and O–H groups in total. The van der Waals surface area contributed by atoms with Crippen molar-refractivity contribution in [3.8, 4) is 0 Å². The van der Waals surface area contributed by atoms with Crippen molar-refractivity contribution in [1.29, 1.82) is 0 Å². The van der Waals surface area contributed by atoms with Gasteiger partial charge in [-0.2, -0.15) is 0 Å². The average Bonchev–Trinajstić information content (AvgIpc) is 3.06. The molecule has 3 nitrogen and oxygen atoms in total. The minimum Gasteiger partial charge on any atom is -0.390 e. The first-order valence-electron chi connectivity index (χ1n) is 12.9. The summed E-state index contributed by atoms with van der Waals surface area (Å²) in [6.45, 7) is 15.1. The van der Waals surface area contributed by atoms with Gasteiger partial charge in [-0.15, -0.1) is 0 Å². The third-order valence-corrected chi connectivity index (χ3v) is 10.3. The van der Waals surface area contributed by atoms with Gasteiger partial charge in [0.15, 0.2) is 0 Å². The van der Waals surface area contributed by atoms with Crippen LogP contribution in [0.4, 0.5) is 0 Å². The lowest BCUT2D eigenvalue weighted by molar-refractivity contribution is 0.0385. The van der Waals surface area contributed by atoms with Crippen LogP contribution in [-0.2, 0) is 4.74 Å². The molecular formula is C29H46O3. The minimum atomic E-state index is -0.678. The van der Waals surface area contributed by atoms with Gasteiger partial charge in [-0.05, 0) is 88.4 Å². The second kappa shape index (κ2) is 8.10. The van der Waals surface area contributed by atoms with Crippen molar-refractivity contribution < 1.29 is 14.9 Å². The van der Waals surface area contributed by atoms with E-state index in [1.165, 1.54) is 31.3 Å². The van der Waals surface area contributed by atoms with Gasteiger partial charge in [0.05, 0.1) is 22.7 Å². The van der Waals surface area contributed by atoms with Gasteiger partial charge in [0.1, 0.15) is 0 Å². The number of hydrogen-bond acceptors (Lipinski definition) is 3. The molecule has 0 aliphatic heterocycles. The lowest BCUT2D eigenvalue weighted by Crippen LogP contribution is -2.37. The molecule has 0 spiro atoms. The van der Waals surface area contributed by atoms with Crippen LogP contribution in [0.1, 0.15) is 86.0 Å². The van der Waals surface area contributed by atoms with Crippen molar-refractivity contribution in [2.75, 3.05) is 7.11 Å². The molecule has 0 heterocycles. The van der Waals surface area contributed by atoms with Crippen LogP contribution in [0, 0.1) is 34.5 Å². The second-order valence-electron chi connectivity index (χ2n) is 12.5. The maximum atomic E-state index is 11.0. The summed E-state index contributed by atoms with van der Waals surface area (Å²) in [6, 6.07) is 0. The van der Waals surface area contributed by atoms with Crippen LogP contribution in [0.5, 0.6) is 0 Å². The van der Waals surface area contributed by atoms with Crippen LogP contribution in [-0.4, -0.2) is 34.6 Å². The number of ether oxygens (including phenoxy) is 1. The number of allylic oxidation sites excluding steroid dienone is 2. The molecule has 4 fully saturated rings. The van der Waals surface area contributed by atoms with E-state index in [0.717, 1.165) is 25.7 Å². The lowest BCUT2D eigenvalue weighted by Gasteiger charge is -2.44. The van der Waals surface area contributed by atoms with E-state index in [-0.39, 0.29) is 17.4 Å². The lowest BCUT2D eigenvalue weighted by atomic mass is 9.61. The average molecular weight is 443 g/mol. The molecule has 0 aromatic heterocycles. The molecule has 0 aromatic carbocycles. The van der Waals surface area contributed by atoms with Gasteiger partial charge in [-0.1, -0.05) is 56.7 Å². The Kier molecular flexibility index (Phi) is 6.13. The predicted molar refractivity (Wildman–Crippen MR) is 131 cm³/mol. The zero-order chi connectivity index (χ0) is 23.5. The van der Waals surface area contributed by atoms with E-state index >= 15 is 0 Å². The van der Waals surface area contributed by atoms with Crippen LogP contribution in [0.25, 0.3) is 0 Å². The molecular weight excluding hydrogens is 396 g/mol. The Morgan fingerprint density at radius 2 is 1.88 bits per heavy atom. The van der Waals surface area contributed by atoms with Crippen LogP contribution in [0.3, 0.4) is 0 Å². The van der Waals surface area contributed by atoms with Crippen LogP contribution in [0.2, 0.25) is 0 Å². The molecule has 0 saturated heterocycles. The first-order valence-corrected chi connectivity index (χ1v) is 12.9. The molecule has 4 aliphatic carbocycles. The maximum absolute atomic E-state index is 11.0. The Balaban J connectivity index is 1.54. The molecule has 4 saturated carbocycles. The van der Waals surface area contributed by atoms with E-state index in [4.69, 9.17) is 4.74 Å². The fourth-order valence-corrected chi connectivity index (χ4v) is 7.79. The summed E-state index contributed by atoms with van der Waals surface area (Å²) in [5.74, 6) is 1.93. The summed E-state index contributed by atoms with van der Waals surface area (Å²) in [6.07, 6.45) is 15.7. The van der Waals surface area contributed by atoms with Gasteiger partial charge >= 0.3 is 0 Å². The van der Waals surface area contributed by atoms with Crippen molar-refractivity contribution in [1.82, 2.24) is 0 Å². The summed E-state index contributed by atoms with van der Waals surface area (Å²) < 4.78 is 6.04. The van der Waals surface area contributed by atoms with Gasteiger partial charge in [-0.25, -0.2) is 0 Å². The number of aliphatic hydroxyl groups is 2. The van der Waals surface area contributed by atoms with E-state index < -0.39 is 11.2 Å². The molecule has 2 unspecified atom stereocenters. The number of rotatable bonds is 7. The van der Waals surface area contributed by atoms with E-state index in [0.29, 0.717) is 23.2 Å². The zero-order valence-corrected chi connectivity index (χ0v) is 21.3. The molecule has 180 valence electrons. The fourth-order valence-electron chi connectivity index (χ4n) is 7.79. The fraction of sp³-hybridized carbons (Fsp3) is 0.793. The summed E-state index contributed by atoms with van der Waals surface area (Å²) in [5, 5.41) is 21.3. The van der Waals surface area contributed by atoms with E-state index in [1.54, 1.807) is 12.7 Å². The molecule has 0 radical (unpaired) electrons. The van der Waals surface area contributed by atoms with Crippen molar-refractivity contribution in [3.05, 3.63) is 36.0 Å². The number of hydrogen-bond donors (Lipinski definition) is 2. The SMILES string of the molecule is C=C1CC[C@@]2(O)CC12C(/C=C1\CCC[C@]2(C)[C@@H]([C@H](C)/C=C/[C@H](C)C(C)(C)O)CC[C@@H]12)OC. The molecule has 4 aliphatic rings. The first kappa shape index (κ1) is 24.2. The maximum Gasteiger partial charge on any atom is 0.0876 e. The summed E-state index contributed by atoms with van der Waals surface area (Å²) in [4.78, 5) is 0. The Bertz CT molecular complexity index is 804. The first-order chi connectivity index (χ1) is 14.9. The monoisotopic (exact) mass is 442 g/mol. The highest BCUT2D eigenvalue weighted by molar-refractivity contribution is 5.42. The standard InChI is InChI=1S/C29H46O3/c1-19(10-11-20(2)26(4,5)30)23-12-13-24-22(9-8-15-27(23,24)6)17-25(32-7)29-18-28(29,31)16-14-21(29)3/h10-11,17,19-20,23-25,30-31H,3,8-9,12-16,18H2,1-2,4-7H3/b11-10+,22-17+/t19-,20+,23-,24+,25?,27-,28-,29?/m1/s1. The summed E-state index contributed by atoms with van der Waals surface area (Å²) in [7, 11) is 1.80. The van der Waals surface area contributed by atoms with Crippen LogP contribution >= 0.6 is 0 Å². The van der Waals surface area contributed by atoms with E-state index in [9.17, 15) is 10.2 Å². The number of methoxy groups -OCH3 is 1. The van der Waals surface area contributed by atoms with Crippen molar-refractivity contribution in [2.24, 2.45) is 34.5 Å². The molecule has 4 rings (SSSR count). The Morgan fingerprint density at radius 3 is 2.44 bits per heavy atom. The molecule has 32 heavy (non-hydrogen) atoms. The summed E-state index contributed by atoms with van der Waals surface area (Å²) >= 11 is 0. The molecule has 0 bridgehead atoms. The van der Waals surface area contributed by atoms with E-state index in [1.807, 2.05) is 13.8 Å². The Labute approximate surface area is 196 Å². The topological polar surface area (TPSA) is 49.7 Å². The third kappa shape index (κ3) is 3.67. The molecule has 8 atom stereocenters. The molecule has 0 amide bonds. The van der Waals surface area contributed by atoms with Gasteiger partial charge in [-0.3, -0.25) is 0 Å². The Hall–Kier alpha value is -0.900. The second-order valence-corrected chi connectivity index (χ2v) is 12.5. The quantitative estimate of drug-likeness (QED) is 0.461. The smallest absolute Gasteiger partial charge is 0.0876 e. The highest BCUT2D eigenvalue weighted by Crippen LogP contribution is 2.71.